The van der Waals surface area contributed by atoms with Crippen LogP contribution in [0.2, 0.25) is 0 Å². The predicted molar refractivity (Wildman–Crippen MR) is 88.5 cm³/mol. The number of hydrogen-bond acceptors (Lipinski definition) is 3. The van der Waals surface area contributed by atoms with Gasteiger partial charge >= 0.3 is 0 Å². The molecule has 0 bridgehead atoms. The molecule has 1 saturated carbocycles. The van der Waals surface area contributed by atoms with E-state index in [-0.39, 0.29) is 18.4 Å². The summed E-state index contributed by atoms with van der Waals surface area (Å²) in [6, 6.07) is 5.50. The number of rotatable bonds is 5. The fourth-order valence-electron chi connectivity index (χ4n) is 3.32. The Bertz CT molecular complexity index is 639. The monoisotopic (exact) mass is 316 g/mol. The minimum absolute atomic E-state index is 0.0485. The van der Waals surface area contributed by atoms with Gasteiger partial charge in [-0.25, -0.2) is 0 Å². The Morgan fingerprint density at radius 1 is 1.39 bits per heavy atom. The van der Waals surface area contributed by atoms with Crippen LogP contribution in [0.4, 0.5) is 5.69 Å². The molecule has 1 fully saturated rings. The van der Waals surface area contributed by atoms with Crippen LogP contribution in [0.5, 0.6) is 0 Å². The van der Waals surface area contributed by atoms with Crippen LogP contribution in [0.1, 0.15) is 49.0 Å². The first kappa shape index (κ1) is 16.0. The Kier molecular flexibility index (Phi) is 4.15. The van der Waals surface area contributed by atoms with Gasteiger partial charge < -0.3 is 15.3 Å². The molecule has 0 radical (unpaired) electrons. The number of carbonyl (C=O) groups is 2. The summed E-state index contributed by atoms with van der Waals surface area (Å²) in [5.74, 6) is 0.322. The smallest absolute Gasteiger partial charge is 0.251 e. The van der Waals surface area contributed by atoms with Crippen molar-refractivity contribution in [3.63, 3.8) is 0 Å². The van der Waals surface area contributed by atoms with Crippen LogP contribution in [-0.2, 0) is 11.2 Å². The molecular formula is C18H24N2O3. The van der Waals surface area contributed by atoms with Crippen molar-refractivity contribution in [3.05, 3.63) is 29.3 Å². The molecule has 2 aliphatic rings. The Labute approximate surface area is 136 Å². The fraction of sp³-hybridized carbons (Fsp3) is 0.556. The predicted octanol–water partition coefficient (Wildman–Crippen LogP) is 1.88. The van der Waals surface area contributed by atoms with Crippen molar-refractivity contribution < 1.29 is 14.7 Å². The number of nitrogens with zero attached hydrogens (tertiary/aromatic N) is 1. The van der Waals surface area contributed by atoms with Crippen molar-refractivity contribution >= 4 is 17.5 Å². The zero-order valence-electron chi connectivity index (χ0n) is 13.8. The van der Waals surface area contributed by atoms with Gasteiger partial charge in [0, 0.05) is 24.2 Å². The van der Waals surface area contributed by atoms with Crippen LogP contribution in [0.15, 0.2) is 18.2 Å². The van der Waals surface area contributed by atoms with E-state index in [1.165, 1.54) is 0 Å². The van der Waals surface area contributed by atoms with E-state index in [9.17, 15) is 14.7 Å². The Morgan fingerprint density at radius 3 is 2.74 bits per heavy atom. The number of anilines is 1. The average Bonchev–Trinajstić information content (AvgIpc) is 3.34. The average molecular weight is 316 g/mol. The number of amides is 2. The molecule has 1 unspecified atom stereocenters. The van der Waals surface area contributed by atoms with E-state index in [1.807, 2.05) is 26.0 Å². The van der Waals surface area contributed by atoms with Crippen LogP contribution in [0, 0.1) is 5.92 Å². The number of benzene rings is 1. The van der Waals surface area contributed by atoms with E-state index in [0.717, 1.165) is 30.5 Å². The van der Waals surface area contributed by atoms with Crippen molar-refractivity contribution in [2.24, 2.45) is 5.92 Å². The number of aliphatic hydroxyl groups is 1. The first-order valence-electron chi connectivity index (χ1n) is 8.35. The molecule has 1 heterocycles. The van der Waals surface area contributed by atoms with Crippen molar-refractivity contribution in [2.75, 3.05) is 18.1 Å². The lowest BCUT2D eigenvalue weighted by Gasteiger charge is -2.29. The molecule has 23 heavy (non-hydrogen) atoms. The Morgan fingerprint density at radius 2 is 2.13 bits per heavy atom. The largest absolute Gasteiger partial charge is 0.394 e. The quantitative estimate of drug-likeness (QED) is 0.871. The zero-order chi connectivity index (χ0) is 16.6. The summed E-state index contributed by atoms with van der Waals surface area (Å²) in [5, 5.41) is 12.6. The van der Waals surface area contributed by atoms with E-state index in [1.54, 1.807) is 11.0 Å². The standard InChI is InChI=1S/C18H24N2O3/c1-3-16(22)20-9-8-12-10-13(4-7-15(12)20)17(23)19-18(2,11-21)14-5-6-14/h4,7,10,14,21H,3,5-6,8-9,11H2,1-2H3,(H,19,23). The first-order valence-corrected chi connectivity index (χ1v) is 8.35. The molecule has 0 spiro atoms. The van der Waals surface area contributed by atoms with Crippen molar-refractivity contribution in [1.29, 1.82) is 0 Å². The highest BCUT2D eigenvalue weighted by molar-refractivity contribution is 5.98. The topological polar surface area (TPSA) is 69.6 Å². The summed E-state index contributed by atoms with van der Waals surface area (Å²) in [5.41, 5.74) is 2.01. The fourth-order valence-corrected chi connectivity index (χ4v) is 3.32. The number of fused-ring (bicyclic) bond motifs is 1. The normalized spacial score (nSPS) is 19.2. The molecule has 5 nitrogen and oxygen atoms in total. The molecule has 1 aromatic rings. The maximum Gasteiger partial charge on any atom is 0.251 e. The van der Waals surface area contributed by atoms with E-state index in [2.05, 4.69) is 5.32 Å². The highest BCUT2D eigenvalue weighted by Crippen LogP contribution is 2.39. The lowest BCUT2D eigenvalue weighted by molar-refractivity contribution is -0.118. The summed E-state index contributed by atoms with van der Waals surface area (Å²) in [6.45, 7) is 4.39. The molecule has 0 saturated heterocycles. The summed E-state index contributed by atoms with van der Waals surface area (Å²) in [7, 11) is 0. The molecule has 5 heteroatoms. The van der Waals surface area contributed by atoms with Gasteiger partial charge in [0.2, 0.25) is 5.91 Å². The maximum atomic E-state index is 12.5. The van der Waals surface area contributed by atoms with Gasteiger partial charge in [-0.05, 0) is 55.9 Å². The van der Waals surface area contributed by atoms with Gasteiger partial charge in [0.15, 0.2) is 0 Å². The third kappa shape index (κ3) is 2.98. The molecule has 1 aliphatic carbocycles. The summed E-state index contributed by atoms with van der Waals surface area (Å²) in [6.07, 6.45) is 3.37. The molecule has 124 valence electrons. The highest BCUT2D eigenvalue weighted by atomic mass is 16.3. The highest BCUT2D eigenvalue weighted by Gasteiger charge is 2.42. The number of aliphatic hydroxyl groups excluding tert-OH is 1. The lowest BCUT2D eigenvalue weighted by atomic mass is 9.96. The van der Waals surface area contributed by atoms with Gasteiger partial charge in [0.25, 0.3) is 5.91 Å². The molecule has 2 N–H and O–H groups in total. The molecule has 1 aliphatic heterocycles. The summed E-state index contributed by atoms with van der Waals surface area (Å²) >= 11 is 0. The molecule has 1 atom stereocenters. The van der Waals surface area contributed by atoms with E-state index in [0.29, 0.717) is 24.4 Å². The molecule has 2 amide bonds. The molecule has 3 rings (SSSR count). The number of carbonyl (C=O) groups excluding carboxylic acids is 2. The third-order valence-corrected chi connectivity index (χ3v) is 5.05. The van der Waals surface area contributed by atoms with E-state index >= 15 is 0 Å². The van der Waals surface area contributed by atoms with E-state index < -0.39 is 5.54 Å². The van der Waals surface area contributed by atoms with Crippen LogP contribution >= 0.6 is 0 Å². The van der Waals surface area contributed by atoms with Gasteiger partial charge in [-0.15, -0.1) is 0 Å². The van der Waals surface area contributed by atoms with Crippen LogP contribution in [-0.4, -0.2) is 35.6 Å². The summed E-state index contributed by atoms with van der Waals surface area (Å²) in [4.78, 5) is 26.2. The van der Waals surface area contributed by atoms with Gasteiger partial charge in [0.05, 0.1) is 12.1 Å². The second-order valence-electron chi connectivity index (χ2n) is 6.80. The Balaban J connectivity index is 1.77. The minimum atomic E-state index is -0.541. The second kappa shape index (κ2) is 5.96. The van der Waals surface area contributed by atoms with Gasteiger partial charge in [0.1, 0.15) is 0 Å². The first-order chi connectivity index (χ1) is 11.0. The van der Waals surface area contributed by atoms with E-state index in [4.69, 9.17) is 0 Å². The minimum Gasteiger partial charge on any atom is -0.394 e. The summed E-state index contributed by atoms with van der Waals surface area (Å²) < 4.78 is 0. The third-order valence-electron chi connectivity index (χ3n) is 5.05. The maximum absolute atomic E-state index is 12.5. The van der Waals surface area contributed by atoms with Crippen LogP contribution < -0.4 is 10.2 Å². The van der Waals surface area contributed by atoms with Crippen LogP contribution in [0.25, 0.3) is 0 Å². The Hall–Kier alpha value is -1.88. The SMILES string of the molecule is CCC(=O)N1CCc2cc(C(=O)NC(C)(CO)C3CC3)ccc21. The van der Waals surface area contributed by atoms with Gasteiger partial charge in [-0.1, -0.05) is 6.92 Å². The number of nitrogens with one attached hydrogen (secondary N) is 1. The zero-order valence-corrected chi connectivity index (χ0v) is 13.8. The molecular weight excluding hydrogens is 292 g/mol. The lowest BCUT2D eigenvalue weighted by Crippen LogP contribution is -2.50. The second-order valence-corrected chi connectivity index (χ2v) is 6.80. The van der Waals surface area contributed by atoms with Gasteiger partial charge in [-0.3, -0.25) is 9.59 Å². The molecule has 0 aromatic heterocycles. The van der Waals surface area contributed by atoms with Crippen LogP contribution in [0.3, 0.4) is 0 Å². The van der Waals surface area contributed by atoms with Crippen molar-refractivity contribution in [3.8, 4) is 0 Å². The van der Waals surface area contributed by atoms with Crippen molar-refractivity contribution in [1.82, 2.24) is 5.32 Å². The number of hydrogen-bond donors (Lipinski definition) is 2. The van der Waals surface area contributed by atoms with Gasteiger partial charge in [-0.2, -0.15) is 0 Å². The van der Waals surface area contributed by atoms with Crippen molar-refractivity contribution in [2.45, 2.75) is 45.1 Å². The molecule has 1 aromatic carbocycles.